The third-order valence-corrected chi connectivity index (χ3v) is 5.50. The van der Waals surface area contributed by atoms with Crippen LogP contribution in [0.1, 0.15) is 35.2 Å². The van der Waals surface area contributed by atoms with E-state index in [-0.39, 0.29) is 17.4 Å². The van der Waals surface area contributed by atoms with E-state index in [4.69, 9.17) is 0 Å². The zero-order chi connectivity index (χ0) is 17.7. The maximum absolute atomic E-state index is 12.9. The maximum Gasteiger partial charge on any atom is 0.326 e. The molecule has 0 spiro atoms. The highest BCUT2D eigenvalue weighted by Crippen LogP contribution is 2.42. The monoisotopic (exact) mass is 341 g/mol. The van der Waals surface area contributed by atoms with Gasteiger partial charge >= 0.3 is 5.97 Å². The van der Waals surface area contributed by atoms with Crippen LogP contribution in [-0.2, 0) is 4.79 Å². The molecule has 3 heterocycles. The number of nitrogens with zero attached hydrogens (tertiary/aromatic N) is 3. The van der Waals surface area contributed by atoms with Gasteiger partial charge in [0.15, 0.2) is 0 Å². The number of carbonyl (C=O) groups is 2. The molecule has 0 aromatic carbocycles. The second-order valence-corrected chi connectivity index (χ2v) is 7.00. The fourth-order valence-electron chi connectivity index (χ4n) is 4.31. The molecular weight excluding hydrogens is 322 g/mol. The number of carboxylic acid groups (broad SMARTS) is 1. The van der Waals surface area contributed by atoms with Crippen molar-refractivity contribution < 1.29 is 14.7 Å². The number of carbonyl (C=O) groups excluding carboxylic acids is 1. The van der Waals surface area contributed by atoms with Gasteiger partial charge in [0.2, 0.25) is 0 Å². The van der Waals surface area contributed by atoms with Gasteiger partial charge in [-0.2, -0.15) is 0 Å². The standard InChI is InChI=1S/C18H19N3O4/c1-10-5-6-20-14(7-10)19-8-13(16(20)22)17(23)21-9-11-3-2-4-12(11)15(21)18(24)25/h5-8,11-12,15H,2-4,9H2,1H3,(H,24,25). The van der Waals surface area contributed by atoms with Gasteiger partial charge < -0.3 is 10.0 Å². The summed E-state index contributed by atoms with van der Waals surface area (Å²) >= 11 is 0. The zero-order valence-corrected chi connectivity index (χ0v) is 13.9. The summed E-state index contributed by atoms with van der Waals surface area (Å²) in [6, 6.07) is 2.68. The molecule has 25 heavy (non-hydrogen) atoms. The molecule has 2 aromatic rings. The second-order valence-electron chi connectivity index (χ2n) is 7.00. The predicted octanol–water partition coefficient (Wildman–Crippen LogP) is 1.33. The van der Waals surface area contributed by atoms with E-state index in [9.17, 15) is 19.5 Å². The van der Waals surface area contributed by atoms with Crippen LogP contribution >= 0.6 is 0 Å². The van der Waals surface area contributed by atoms with Crippen molar-refractivity contribution >= 4 is 17.5 Å². The van der Waals surface area contributed by atoms with Gasteiger partial charge in [-0.05, 0) is 49.3 Å². The first-order chi connectivity index (χ1) is 12.0. The summed E-state index contributed by atoms with van der Waals surface area (Å²) in [4.78, 5) is 42.9. The molecule has 1 aliphatic heterocycles. The summed E-state index contributed by atoms with van der Waals surface area (Å²) in [5, 5.41) is 9.61. The molecular formula is C18H19N3O4. The van der Waals surface area contributed by atoms with E-state index in [0.29, 0.717) is 12.2 Å². The Kier molecular flexibility index (Phi) is 3.59. The lowest BCUT2D eigenvalue weighted by Crippen LogP contribution is -2.45. The number of amides is 1. The molecule has 3 atom stereocenters. The van der Waals surface area contributed by atoms with Crippen LogP contribution < -0.4 is 5.56 Å². The minimum absolute atomic E-state index is 0.0136. The van der Waals surface area contributed by atoms with Crippen LogP contribution in [0.15, 0.2) is 29.3 Å². The average molecular weight is 341 g/mol. The molecule has 3 unspecified atom stereocenters. The first-order valence-electron chi connectivity index (χ1n) is 8.49. The maximum atomic E-state index is 12.9. The Bertz CT molecular complexity index is 936. The third-order valence-electron chi connectivity index (χ3n) is 5.50. The van der Waals surface area contributed by atoms with Gasteiger partial charge in [0.1, 0.15) is 17.3 Å². The van der Waals surface area contributed by atoms with Crippen LogP contribution in [-0.4, -0.2) is 43.9 Å². The van der Waals surface area contributed by atoms with E-state index < -0.39 is 23.5 Å². The number of aliphatic carboxylic acids is 1. The Morgan fingerprint density at radius 2 is 2.12 bits per heavy atom. The number of carboxylic acids is 1. The molecule has 2 fully saturated rings. The smallest absolute Gasteiger partial charge is 0.326 e. The highest BCUT2D eigenvalue weighted by molar-refractivity contribution is 5.96. The number of aromatic nitrogens is 2. The quantitative estimate of drug-likeness (QED) is 0.890. The molecule has 1 aliphatic carbocycles. The minimum Gasteiger partial charge on any atom is -0.480 e. The molecule has 0 radical (unpaired) electrons. The molecule has 1 saturated heterocycles. The zero-order valence-electron chi connectivity index (χ0n) is 13.9. The lowest BCUT2D eigenvalue weighted by Gasteiger charge is -2.24. The molecule has 1 saturated carbocycles. The van der Waals surface area contributed by atoms with E-state index in [1.165, 1.54) is 15.5 Å². The highest BCUT2D eigenvalue weighted by Gasteiger charge is 2.50. The molecule has 1 amide bonds. The minimum atomic E-state index is -0.993. The Morgan fingerprint density at radius 1 is 1.32 bits per heavy atom. The van der Waals surface area contributed by atoms with Gasteiger partial charge in [0, 0.05) is 18.9 Å². The molecule has 1 N–H and O–H groups in total. The number of likely N-dealkylation sites (tertiary alicyclic amines) is 1. The van der Waals surface area contributed by atoms with Gasteiger partial charge in [-0.25, -0.2) is 9.78 Å². The Balaban J connectivity index is 1.75. The summed E-state index contributed by atoms with van der Waals surface area (Å²) in [7, 11) is 0. The number of fused-ring (bicyclic) bond motifs is 2. The number of hydrogen-bond donors (Lipinski definition) is 1. The molecule has 7 heteroatoms. The fraction of sp³-hybridized carbons (Fsp3) is 0.444. The summed E-state index contributed by atoms with van der Waals surface area (Å²) in [5.41, 5.74) is 0.891. The van der Waals surface area contributed by atoms with E-state index in [1.54, 1.807) is 18.3 Å². The van der Waals surface area contributed by atoms with Gasteiger partial charge in [0.25, 0.3) is 11.5 Å². The van der Waals surface area contributed by atoms with Crippen LogP contribution in [0.25, 0.3) is 5.65 Å². The van der Waals surface area contributed by atoms with Crippen LogP contribution in [0.3, 0.4) is 0 Å². The number of rotatable bonds is 2. The van der Waals surface area contributed by atoms with E-state index in [2.05, 4.69) is 4.98 Å². The third kappa shape index (κ3) is 2.42. The first kappa shape index (κ1) is 15.8. The lowest BCUT2D eigenvalue weighted by molar-refractivity contribution is -0.142. The number of pyridine rings is 1. The largest absolute Gasteiger partial charge is 0.480 e. The van der Waals surface area contributed by atoms with E-state index in [1.807, 2.05) is 6.92 Å². The van der Waals surface area contributed by atoms with E-state index >= 15 is 0 Å². The molecule has 7 nitrogen and oxygen atoms in total. The van der Waals surface area contributed by atoms with Crippen LogP contribution in [0.5, 0.6) is 0 Å². The van der Waals surface area contributed by atoms with Crippen molar-refractivity contribution in [3.63, 3.8) is 0 Å². The van der Waals surface area contributed by atoms with Gasteiger partial charge in [-0.1, -0.05) is 6.42 Å². The summed E-state index contributed by atoms with van der Waals surface area (Å²) < 4.78 is 1.33. The van der Waals surface area contributed by atoms with Crippen molar-refractivity contribution in [2.45, 2.75) is 32.2 Å². The molecule has 2 aliphatic rings. The Hall–Kier alpha value is -2.70. The van der Waals surface area contributed by atoms with Crippen molar-refractivity contribution in [1.82, 2.24) is 14.3 Å². The summed E-state index contributed by atoms with van der Waals surface area (Å²) in [6.07, 6.45) is 5.61. The van der Waals surface area contributed by atoms with Crippen LogP contribution in [0.2, 0.25) is 0 Å². The number of hydrogen-bond acceptors (Lipinski definition) is 4. The van der Waals surface area contributed by atoms with Crippen molar-refractivity contribution in [3.8, 4) is 0 Å². The lowest BCUT2D eigenvalue weighted by atomic mass is 9.94. The molecule has 0 bridgehead atoms. The van der Waals surface area contributed by atoms with Crippen LogP contribution in [0, 0.1) is 18.8 Å². The van der Waals surface area contributed by atoms with Gasteiger partial charge in [-0.3, -0.25) is 14.0 Å². The SMILES string of the molecule is Cc1ccn2c(=O)c(C(=O)N3CC4CCCC4C3C(=O)O)cnc2c1. The van der Waals surface area contributed by atoms with Crippen molar-refractivity contribution in [1.29, 1.82) is 0 Å². The summed E-state index contributed by atoms with van der Waals surface area (Å²) in [5.74, 6) is -1.33. The Labute approximate surface area is 143 Å². The van der Waals surface area contributed by atoms with Crippen molar-refractivity contribution in [2.24, 2.45) is 11.8 Å². The van der Waals surface area contributed by atoms with E-state index in [0.717, 1.165) is 24.8 Å². The van der Waals surface area contributed by atoms with Gasteiger partial charge in [0.05, 0.1) is 0 Å². The molecule has 130 valence electrons. The van der Waals surface area contributed by atoms with Crippen LogP contribution in [0.4, 0.5) is 0 Å². The molecule has 4 rings (SSSR count). The normalized spacial score (nSPS) is 25.3. The first-order valence-corrected chi connectivity index (χ1v) is 8.49. The highest BCUT2D eigenvalue weighted by atomic mass is 16.4. The summed E-state index contributed by atoms with van der Waals surface area (Å²) in [6.45, 7) is 2.29. The molecule has 2 aromatic heterocycles. The van der Waals surface area contributed by atoms with Crippen molar-refractivity contribution in [2.75, 3.05) is 6.54 Å². The fourth-order valence-corrected chi connectivity index (χ4v) is 4.31. The number of aryl methyl sites for hydroxylation is 1. The second kappa shape index (κ2) is 5.68. The van der Waals surface area contributed by atoms with Gasteiger partial charge in [-0.15, -0.1) is 0 Å². The van der Waals surface area contributed by atoms with Crippen molar-refractivity contribution in [3.05, 3.63) is 46.0 Å². The predicted molar refractivity (Wildman–Crippen MR) is 89.5 cm³/mol. The average Bonchev–Trinajstić information content (AvgIpc) is 3.14. The topological polar surface area (TPSA) is 92.0 Å². The Morgan fingerprint density at radius 3 is 2.88 bits per heavy atom.